The molecule has 0 N–H and O–H groups in total. The van der Waals surface area contributed by atoms with Gasteiger partial charge in [-0.05, 0) is 42.2 Å². The van der Waals surface area contributed by atoms with Crippen LogP contribution >= 0.6 is 0 Å². The third kappa shape index (κ3) is 2.30. The number of benzene rings is 2. The Morgan fingerprint density at radius 1 is 1.08 bits per heavy atom. The molecule has 0 saturated heterocycles. The van der Waals surface area contributed by atoms with Crippen molar-refractivity contribution in [3.8, 4) is 17.3 Å². The highest BCUT2D eigenvalue weighted by molar-refractivity contribution is 6.13. The van der Waals surface area contributed by atoms with Crippen LogP contribution in [0.2, 0.25) is 0 Å². The molecule has 0 spiro atoms. The largest absolute Gasteiger partial charge is 0.455 e. The molecule has 0 saturated carbocycles. The van der Waals surface area contributed by atoms with Crippen molar-refractivity contribution in [2.24, 2.45) is 0 Å². The zero-order chi connectivity index (χ0) is 17.6. The molecule has 0 aliphatic carbocycles. The first-order valence-corrected chi connectivity index (χ1v) is 8.42. The van der Waals surface area contributed by atoms with E-state index < -0.39 is 0 Å². The number of rotatable bonds is 2. The Morgan fingerprint density at radius 3 is 2.60 bits per heavy atom. The Bertz CT molecular complexity index is 1130. The second kappa shape index (κ2) is 5.75. The molecular formula is C22H18N2O. The van der Waals surface area contributed by atoms with Crippen LogP contribution < -0.4 is 0 Å². The minimum Gasteiger partial charge on any atom is -0.455 e. The van der Waals surface area contributed by atoms with Crippen LogP contribution in [-0.4, -0.2) is 4.98 Å². The van der Waals surface area contributed by atoms with Crippen LogP contribution in [0.15, 0.2) is 53.1 Å². The molecule has 0 aliphatic heterocycles. The van der Waals surface area contributed by atoms with E-state index >= 15 is 0 Å². The molecule has 4 rings (SSSR count). The first-order chi connectivity index (χ1) is 12.1. The van der Waals surface area contributed by atoms with E-state index in [1.807, 2.05) is 43.3 Å². The van der Waals surface area contributed by atoms with Crippen molar-refractivity contribution in [3.63, 3.8) is 0 Å². The molecule has 0 unspecified atom stereocenters. The maximum atomic E-state index is 9.67. The van der Waals surface area contributed by atoms with Crippen molar-refractivity contribution < 1.29 is 4.42 Å². The minimum atomic E-state index is 0.342. The van der Waals surface area contributed by atoms with Crippen LogP contribution in [0.25, 0.3) is 33.2 Å². The van der Waals surface area contributed by atoms with Gasteiger partial charge in [0, 0.05) is 22.5 Å². The molecule has 2 heterocycles. The van der Waals surface area contributed by atoms with E-state index in [0.29, 0.717) is 11.5 Å². The molecular weight excluding hydrogens is 308 g/mol. The number of furan rings is 1. The van der Waals surface area contributed by atoms with Crippen LogP contribution in [-0.2, 0) is 0 Å². The smallest absolute Gasteiger partial charge is 0.146 e. The van der Waals surface area contributed by atoms with E-state index in [2.05, 4.69) is 31.0 Å². The van der Waals surface area contributed by atoms with Gasteiger partial charge in [-0.3, -0.25) is 4.98 Å². The van der Waals surface area contributed by atoms with Crippen LogP contribution in [0.5, 0.6) is 0 Å². The SMILES string of the molecule is Cc1cc(C#N)c2c(oc3c(C(C)C)cccc32)c1-c1ccccn1. The number of pyridine rings is 1. The topological polar surface area (TPSA) is 49.8 Å². The highest BCUT2D eigenvalue weighted by Gasteiger charge is 2.21. The summed E-state index contributed by atoms with van der Waals surface area (Å²) in [7, 11) is 0. The highest BCUT2D eigenvalue weighted by atomic mass is 16.3. The molecule has 3 heteroatoms. The summed E-state index contributed by atoms with van der Waals surface area (Å²) in [5.74, 6) is 0.342. The first kappa shape index (κ1) is 15.4. The summed E-state index contributed by atoms with van der Waals surface area (Å²) in [6.45, 7) is 6.30. The van der Waals surface area contributed by atoms with Gasteiger partial charge in [0.1, 0.15) is 11.2 Å². The lowest BCUT2D eigenvalue weighted by atomic mass is 9.95. The Morgan fingerprint density at radius 2 is 1.92 bits per heavy atom. The first-order valence-electron chi connectivity index (χ1n) is 8.42. The highest BCUT2D eigenvalue weighted by Crippen LogP contribution is 2.41. The second-order valence-electron chi connectivity index (χ2n) is 6.63. The van der Waals surface area contributed by atoms with E-state index in [9.17, 15) is 5.26 Å². The van der Waals surface area contributed by atoms with E-state index in [1.165, 1.54) is 0 Å². The quantitative estimate of drug-likeness (QED) is 0.457. The van der Waals surface area contributed by atoms with E-state index in [4.69, 9.17) is 4.42 Å². The van der Waals surface area contributed by atoms with Crippen LogP contribution in [0.1, 0.15) is 36.5 Å². The van der Waals surface area contributed by atoms with Gasteiger partial charge in [-0.25, -0.2) is 0 Å². The molecule has 0 radical (unpaired) electrons. The maximum absolute atomic E-state index is 9.67. The number of hydrogen-bond acceptors (Lipinski definition) is 3. The normalized spacial score (nSPS) is 11.3. The van der Waals surface area contributed by atoms with Gasteiger partial charge >= 0.3 is 0 Å². The third-order valence-electron chi connectivity index (χ3n) is 4.66. The average molecular weight is 326 g/mol. The lowest BCUT2D eigenvalue weighted by molar-refractivity contribution is 0.657. The van der Waals surface area contributed by atoms with Crippen molar-refractivity contribution in [3.05, 3.63) is 65.4 Å². The zero-order valence-corrected chi connectivity index (χ0v) is 14.5. The van der Waals surface area contributed by atoms with Gasteiger partial charge in [-0.15, -0.1) is 0 Å². The molecule has 0 aliphatic rings. The second-order valence-corrected chi connectivity index (χ2v) is 6.63. The summed E-state index contributed by atoms with van der Waals surface area (Å²) in [6.07, 6.45) is 1.78. The predicted octanol–water partition coefficient (Wildman–Crippen LogP) is 5.95. The van der Waals surface area contributed by atoms with E-state index in [1.54, 1.807) is 6.20 Å². The van der Waals surface area contributed by atoms with Gasteiger partial charge in [0.2, 0.25) is 0 Å². The fraction of sp³-hybridized carbons (Fsp3) is 0.182. The van der Waals surface area contributed by atoms with Crippen molar-refractivity contribution in [2.75, 3.05) is 0 Å². The molecule has 0 atom stereocenters. The summed E-state index contributed by atoms with van der Waals surface area (Å²) in [4.78, 5) is 4.50. The van der Waals surface area contributed by atoms with Gasteiger partial charge in [0.25, 0.3) is 0 Å². The molecule has 0 bridgehead atoms. The number of nitrogens with zero attached hydrogens (tertiary/aromatic N) is 2. The Balaban J connectivity index is 2.22. The summed E-state index contributed by atoms with van der Waals surface area (Å²) < 4.78 is 6.36. The molecule has 25 heavy (non-hydrogen) atoms. The fourth-order valence-electron chi connectivity index (χ4n) is 3.50. The van der Waals surface area contributed by atoms with E-state index in [0.717, 1.165) is 44.3 Å². The number of fused-ring (bicyclic) bond motifs is 3. The molecule has 122 valence electrons. The van der Waals surface area contributed by atoms with Gasteiger partial charge in [-0.1, -0.05) is 38.1 Å². The van der Waals surface area contributed by atoms with Crippen molar-refractivity contribution in [1.29, 1.82) is 5.26 Å². The lowest BCUT2D eigenvalue weighted by Crippen LogP contribution is -1.90. The van der Waals surface area contributed by atoms with Crippen molar-refractivity contribution >= 4 is 21.9 Å². The Kier molecular flexibility index (Phi) is 3.54. The van der Waals surface area contributed by atoms with Crippen LogP contribution in [0.3, 0.4) is 0 Å². The molecule has 0 fully saturated rings. The minimum absolute atomic E-state index is 0.342. The van der Waals surface area contributed by atoms with Gasteiger partial charge in [0.15, 0.2) is 0 Å². The summed E-state index contributed by atoms with van der Waals surface area (Å²) >= 11 is 0. The molecule has 3 nitrogen and oxygen atoms in total. The van der Waals surface area contributed by atoms with Crippen molar-refractivity contribution in [1.82, 2.24) is 4.98 Å². The number of aryl methyl sites for hydroxylation is 1. The summed E-state index contributed by atoms with van der Waals surface area (Å²) in [5.41, 5.74) is 6.23. The third-order valence-corrected chi connectivity index (χ3v) is 4.66. The van der Waals surface area contributed by atoms with Gasteiger partial charge < -0.3 is 4.42 Å². The number of para-hydroxylation sites is 1. The average Bonchev–Trinajstić information content (AvgIpc) is 3.00. The summed E-state index contributed by atoms with van der Waals surface area (Å²) in [6, 6.07) is 16.3. The fourth-order valence-corrected chi connectivity index (χ4v) is 3.50. The number of aromatic nitrogens is 1. The van der Waals surface area contributed by atoms with Crippen LogP contribution in [0.4, 0.5) is 0 Å². The standard InChI is InChI=1S/C22H18N2O/c1-13(2)16-7-6-8-17-20-15(12-23)11-14(3)19(22(20)25-21(16)17)18-9-4-5-10-24-18/h4-11,13H,1-3H3. The van der Waals surface area contributed by atoms with E-state index in [-0.39, 0.29) is 0 Å². The summed E-state index contributed by atoms with van der Waals surface area (Å²) in [5, 5.41) is 11.5. The zero-order valence-electron chi connectivity index (χ0n) is 14.5. The number of nitriles is 1. The van der Waals surface area contributed by atoms with Crippen molar-refractivity contribution in [2.45, 2.75) is 26.7 Å². The van der Waals surface area contributed by atoms with Gasteiger partial charge in [0.05, 0.1) is 17.3 Å². The predicted molar refractivity (Wildman–Crippen MR) is 100 cm³/mol. The molecule has 0 amide bonds. The lowest BCUT2D eigenvalue weighted by Gasteiger charge is -2.07. The Labute approximate surface area is 146 Å². The molecule has 2 aromatic heterocycles. The Hall–Kier alpha value is -3.12. The molecule has 4 aromatic rings. The van der Waals surface area contributed by atoms with Crippen LogP contribution in [0, 0.1) is 18.3 Å². The monoisotopic (exact) mass is 326 g/mol. The number of hydrogen-bond donors (Lipinski definition) is 0. The molecule has 2 aromatic carbocycles. The van der Waals surface area contributed by atoms with Gasteiger partial charge in [-0.2, -0.15) is 5.26 Å². The maximum Gasteiger partial charge on any atom is 0.146 e.